The molecule has 0 bridgehead atoms. The number of hydrogen-bond acceptors (Lipinski definition) is 4. The Kier molecular flexibility index (Phi) is 7.34. The third-order valence-electron chi connectivity index (χ3n) is 3.22. The summed E-state index contributed by atoms with van der Waals surface area (Å²) < 4.78 is 5.54. The SMILES string of the molecule is CN=C(NCc1cc(C)oc1C)N(C)Cc1csc(C)n1.I. The van der Waals surface area contributed by atoms with Crippen LogP contribution in [0.2, 0.25) is 0 Å². The molecule has 0 aliphatic rings. The van der Waals surface area contributed by atoms with Crippen LogP contribution in [0.15, 0.2) is 20.9 Å². The molecule has 0 aliphatic heterocycles. The number of aryl methyl sites for hydroxylation is 3. The zero-order chi connectivity index (χ0) is 15.4. The lowest BCUT2D eigenvalue weighted by atomic mass is 10.2. The van der Waals surface area contributed by atoms with Crippen LogP contribution in [0.3, 0.4) is 0 Å². The van der Waals surface area contributed by atoms with Crippen LogP contribution in [0.5, 0.6) is 0 Å². The molecule has 0 saturated heterocycles. The van der Waals surface area contributed by atoms with Crippen LogP contribution in [0, 0.1) is 20.8 Å². The standard InChI is InChI=1S/C15H22N4OS.HI/c1-10-6-13(11(2)20-10)7-17-15(16-4)19(5)8-14-9-21-12(3)18-14;/h6,9H,7-8H2,1-5H3,(H,16,17);1H. The first-order valence-corrected chi connectivity index (χ1v) is 7.76. The fourth-order valence-corrected chi connectivity index (χ4v) is 2.82. The minimum Gasteiger partial charge on any atom is -0.466 e. The number of halogens is 1. The highest BCUT2D eigenvalue weighted by Gasteiger charge is 2.10. The van der Waals surface area contributed by atoms with Gasteiger partial charge in [0, 0.05) is 31.6 Å². The minimum atomic E-state index is 0. The van der Waals surface area contributed by atoms with Crippen molar-refractivity contribution >= 4 is 41.3 Å². The monoisotopic (exact) mass is 434 g/mol. The molecule has 0 unspecified atom stereocenters. The second-order valence-corrected chi connectivity index (χ2v) is 6.12. The molecule has 0 aromatic carbocycles. The van der Waals surface area contributed by atoms with E-state index < -0.39 is 0 Å². The van der Waals surface area contributed by atoms with E-state index in [9.17, 15) is 0 Å². The van der Waals surface area contributed by atoms with Gasteiger partial charge in [-0.25, -0.2) is 4.98 Å². The number of thiazole rings is 1. The Bertz CT molecular complexity index is 635. The van der Waals surface area contributed by atoms with E-state index in [4.69, 9.17) is 4.42 Å². The summed E-state index contributed by atoms with van der Waals surface area (Å²) in [6, 6.07) is 2.05. The predicted octanol–water partition coefficient (Wildman–Crippen LogP) is 3.49. The molecule has 0 spiro atoms. The highest BCUT2D eigenvalue weighted by Crippen LogP contribution is 2.13. The smallest absolute Gasteiger partial charge is 0.194 e. The van der Waals surface area contributed by atoms with Crippen molar-refractivity contribution in [2.75, 3.05) is 14.1 Å². The van der Waals surface area contributed by atoms with Crippen molar-refractivity contribution in [2.24, 2.45) is 4.99 Å². The normalized spacial score (nSPS) is 11.2. The van der Waals surface area contributed by atoms with Crippen LogP contribution in [-0.2, 0) is 13.1 Å². The van der Waals surface area contributed by atoms with Gasteiger partial charge in [-0.15, -0.1) is 35.3 Å². The van der Waals surface area contributed by atoms with E-state index in [1.165, 1.54) is 0 Å². The van der Waals surface area contributed by atoms with Crippen molar-refractivity contribution in [1.82, 2.24) is 15.2 Å². The molecule has 2 heterocycles. The van der Waals surface area contributed by atoms with E-state index in [1.54, 1.807) is 18.4 Å². The summed E-state index contributed by atoms with van der Waals surface area (Å²) in [5.41, 5.74) is 2.23. The maximum Gasteiger partial charge on any atom is 0.194 e. The number of guanidine groups is 1. The van der Waals surface area contributed by atoms with Crippen LogP contribution in [0.25, 0.3) is 0 Å². The number of aliphatic imine (C=N–C) groups is 1. The van der Waals surface area contributed by atoms with Gasteiger partial charge in [-0.05, 0) is 26.8 Å². The number of nitrogens with one attached hydrogen (secondary N) is 1. The summed E-state index contributed by atoms with van der Waals surface area (Å²) in [6.07, 6.45) is 0. The fraction of sp³-hybridized carbons (Fsp3) is 0.467. The largest absolute Gasteiger partial charge is 0.466 e. The summed E-state index contributed by atoms with van der Waals surface area (Å²) in [5, 5.41) is 6.53. The van der Waals surface area contributed by atoms with Crippen molar-refractivity contribution in [2.45, 2.75) is 33.9 Å². The van der Waals surface area contributed by atoms with Crippen LogP contribution in [0.4, 0.5) is 0 Å². The van der Waals surface area contributed by atoms with E-state index in [0.29, 0.717) is 6.54 Å². The van der Waals surface area contributed by atoms with Crippen LogP contribution < -0.4 is 5.32 Å². The zero-order valence-electron chi connectivity index (χ0n) is 13.6. The van der Waals surface area contributed by atoms with E-state index in [2.05, 4.69) is 31.6 Å². The Hall–Kier alpha value is -1.09. The molecule has 5 nitrogen and oxygen atoms in total. The summed E-state index contributed by atoms with van der Waals surface area (Å²) in [7, 11) is 3.80. The molecule has 2 rings (SSSR count). The van der Waals surface area contributed by atoms with Crippen LogP contribution >= 0.6 is 35.3 Å². The summed E-state index contributed by atoms with van der Waals surface area (Å²) in [5.74, 6) is 2.73. The molecule has 0 aliphatic carbocycles. The highest BCUT2D eigenvalue weighted by atomic mass is 127. The second-order valence-electron chi connectivity index (χ2n) is 5.05. The minimum absolute atomic E-state index is 0. The average molecular weight is 434 g/mol. The summed E-state index contributed by atoms with van der Waals surface area (Å²) >= 11 is 1.67. The third kappa shape index (κ3) is 4.98. The lowest BCUT2D eigenvalue weighted by molar-refractivity contribution is 0.469. The van der Waals surface area contributed by atoms with Crippen molar-refractivity contribution in [1.29, 1.82) is 0 Å². The second kappa shape index (κ2) is 8.52. The number of aromatic nitrogens is 1. The van der Waals surface area contributed by atoms with Crippen molar-refractivity contribution in [3.8, 4) is 0 Å². The van der Waals surface area contributed by atoms with Crippen LogP contribution in [-0.4, -0.2) is 29.9 Å². The van der Waals surface area contributed by atoms with E-state index in [1.807, 2.05) is 27.8 Å². The molecular formula is C15H23IN4OS. The Morgan fingerprint density at radius 2 is 2.14 bits per heavy atom. The lowest BCUT2D eigenvalue weighted by Gasteiger charge is -2.21. The van der Waals surface area contributed by atoms with Crippen LogP contribution in [0.1, 0.15) is 27.8 Å². The van der Waals surface area contributed by atoms with Gasteiger partial charge in [-0.2, -0.15) is 0 Å². The van der Waals surface area contributed by atoms with E-state index in [0.717, 1.165) is 40.3 Å². The molecular weight excluding hydrogens is 411 g/mol. The quantitative estimate of drug-likeness (QED) is 0.455. The van der Waals surface area contributed by atoms with E-state index >= 15 is 0 Å². The lowest BCUT2D eigenvalue weighted by Crippen LogP contribution is -2.38. The molecule has 22 heavy (non-hydrogen) atoms. The molecule has 7 heteroatoms. The molecule has 0 fully saturated rings. The van der Waals surface area contributed by atoms with Gasteiger partial charge in [-0.1, -0.05) is 0 Å². The molecule has 0 amide bonds. The summed E-state index contributed by atoms with van der Waals surface area (Å²) in [6.45, 7) is 7.41. The molecule has 2 aromatic rings. The fourth-order valence-electron chi connectivity index (χ4n) is 2.22. The molecule has 2 aromatic heterocycles. The molecule has 0 atom stereocenters. The topological polar surface area (TPSA) is 53.7 Å². The van der Waals surface area contributed by atoms with Gasteiger partial charge in [0.05, 0.1) is 17.2 Å². The van der Waals surface area contributed by atoms with Gasteiger partial charge < -0.3 is 14.6 Å². The Morgan fingerprint density at radius 3 is 2.64 bits per heavy atom. The maximum atomic E-state index is 5.54. The van der Waals surface area contributed by atoms with Crippen molar-refractivity contribution < 1.29 is 4.42 Å². The number of furan rings is 1. The van der Waals surface area contributed by atoms with Gasteiger partial charge in [0.2, 0.25) is 0 Å². The van der Waals surface area contributed by atoms with Gasteiger partial charge in [0.25, 0.3) is 0 Å². The first kappa shape index (κ1) is 19.0. The number of rotatable bonds is 4. The van der Waals surface area contributed by atoms with E-state index in [-0.39, 0.29) is 24.0 Å². The van der Waals surface area contributed by atoms with Gasteiger partial charge in [0.15, 0.2) is 5.96 Å². The van der Waals surface area contributed by atoms with Crippen molar-refractivity contribution in [3.63, 3.8) is 0 Å². The Balaban J connectivity index is 0.00000242. The first-order valence-electron chi connectivity index (χ1n) is 6.88. The van der Waals surface area contributed by atoms with Gasteiger partial charge in [-0.3, -0.25) is 4.99 Å². The van der Waals surface area contributed by atoms with Gasteiger partial charge >= 0.3 is 0 Å². The van der Waals surface area contributed by atoms with Crippen molar-refractivity contribution in [3.05, 3.63) is 39.2 Å². The summed E-state index contributed by atoms with van der Waals surface area (Å²) in [4.78, 5) is 10.9. The number of hydrogen-bond donors (Lipinski definition) is 1. The molecule has 0 saturated carbocycles. The number of nitrogens with zero attached hydrogens (tertiary/aromatic N) is 3. The Labute approximate surface area is 152 Å². The first-order chi connectivity index (χ1) is 9.99. The molecule has 122 valence electrons. The van der Waals surface area contributed by atoms with Gasteiger partial charge in [0.1, 0.15) is 11.5 Å². The molecule has 0 radical (unpaired) electrons. The maximum absolute atomic E-state index is 5.54. The highest BCUT2D eigenvalue weighted by molar-refractivity contribution is 14.0. The third-order valence-corrected chi connectivity index (χ3v) is 4.04. The Morgan fingerprint density at radius 1 is 1.41 bits per heavy atom. The molecule has 1 N–H and O–H groups in total. The average Bonchev–Trinajstić information content (AvgIpc) is 2.96. The predicted molar refractivity (Wildman–Crippen MR) is 102 cm³/mol. The zero-order valence-corrected chi connectivity index (χ0v) is 16.8.